The Kier molecular flexibility index (Phi) is 3.67. The maximum Gasteiger partial charge on any atom is 0.144 e. The zero-order valence-corrected chi connectivity index (χ0v) is 11.2. The lowest BCUT2D eigenvalue weighted by Gasteiger charge is -2.11. The van der Waals surface area contributed by atoms with Crippen molar-refractivity contribution in [3.8, 4) is 23.1 Å². The quantitative estimate of drug-likeness (QED) is 0.913. The molecular weight excluding hydrogens is 238 g/mol. The third-order valence-corrected chi connectivity index (χ3v) is 2.88. The molecule has 0 saturated heterocycles. The van der Waals surface area contributed by atoms with Crippen LogP contribution in [0, 0.1) is 18.3 Å². The van der Waals surface area contributed by atoms with Crippen LogP contribution < -0.4 is 10.1 Å². The number of aryl methyl sites for hydroxylation is 1. The molecule has 1 N–H and O–H groups in total. The molecular formula is C15H15N3O. The number of rotatable bonds is 3. The maximum atomic E-state index is 9.00. The van der Waals surface area contributed by atoms with Crippen LogP contribution in [0.2, 0.25) is 0 Å². The second-order valence-corrected chi connectivity index (χ2v) is 4.16. The van der Waals surface area contributed by atoms with E-state index in [1.165, 1.54) is 0 Å². The van der Waals surface area contributed by atoms with Crippen molar-refractivity contribution in [2.75, 3.05) is 19.5 Å². The predicted molar refractivity (Wildman–Crippen MR) is 75.2 cm³/mol. The van der Waals surface area contributed by atoms with Crippen molar-refractivity contribution < 1.29 is 4.74 Å². The Morgan fingerprint density at radius 3 is 2.68 bits per heavy atom. The van der Waals surface area contributed by atoms with E-state index in [0.29, 0.717) is 11.4 Å². The first-order valence-corrected chi connectivity index (χ1v) is 5.93. The molecule has 0 spiro atoms. The lowest BCUT2D eigenvalue weighted by atomic mass is 10.1. The van der Waals surface area contributed by atoms with Crippen molar-refractivity contribution >= 4 is 5.82 Å². The van der Waals surface area contributed by atoms with Crippen molar-refractivity contribution in [1.29, 1.82) is 5.26 Å². The molecule has 19 heavy (non-hydrogen) atoms. The number of anilines is 1. The van der Waals surface area contributed by atoms with Gasteiger partial charge in [-0.1, -0.05) is 11.6 Å². The van der Waals surface area contributed by atoms with Gasteiger partial charge in [0.15, 0.2) is 0 Å². The molecule has 96 valence electrons. The number of pyridine rings is 1. The second kappa shape index (κ2) is 5.40. The highest BCUT2D eigenvalue weighted by atomic mass is 16.5. The van der Waals surface area contributed by atoms with Gasteiger partial charge in [-0.2, -0.15) is 5.26 Å². The van der Waals surface area contributed by atoms with Gasteiger partial charge in [-0.25, -0.2) is 4.98 Å². The SMILES string of the molecule is CNc1nc(-c2cc(C)ccc2OC)ccc1C#N. The third-order valence-electron chi connectivity index (χ3n) is 2.88. The van der Waals surface area contributed by atoms with Crippen LogP contribution in [0.4, 0.5) is 5.82 Å². The van der Waals surface area contributed by atoms with Crippen LogP contribution in [0.5, 0.6) is 5.75 Å². The molecule has 0 amide bonds. The monoisotopic (exact) mass is 253 g/mol. The normalized spacial score (nSPS) is 9.79. The summed E-state index contributed by atoms with van der Waals surface area (Å²) in [6.45, 7) is 2.02. The smallest absolute Gasteiger partial charge is 0.144 e. The topological polar surface area (TPSA) is 57.9 Å². The van der Waals surface area contributed by atoms with E-state index >= 15 is 0 Å². The fraction of sp³-hybridized carbons (Fsp3) is 0.200. The van der Waals surface area contributed by atoms with Gasteiger partial charge in [-0.05, 0) is 31.2 Å². The highest BCUT2D eigenvalue weighted by molar-refractivity contribution is 5.70. The van der Waals surface area contributed by atoms with Crippen LogP contribution in [0.3, 0.4) is 0 Å². The van der Waals surface area contributed by atoms with Gasteiger partial charge in [0.2, 0.25) is 0 Å². The minimum atomic E-state index is 0.526. The fourth-order valence-corrected chi connectivity index (χ4v) is 1.91. The lowest BCUT2D eigenvalue weighted by molar-refractivity contribution is 0.416. The molecule has 0 unspecified atom stereocenters. The number of nitrogens with one attached hydrogen (secondary N) is 1. The van der Waals surface area contributed by atoms with Gasteiger partial charge in [-0.3, -0.25) is 0 Å². The molecule has 1 aromatic carbocycles. The maximum absolute atomic E-state index is 9.00. The van der Waals surface area contributed by atoms with Crippen molar-refractivity contribution in [1.82, 2.24) is 4.98 Å². The number of benzene rings is 1. The molecule has 2 rings (SSSR count). The number of hydrogen-bond donors (Lipinski definition) is 1. The molecule has 0 radical (unpaired) electrons. The molecule has 0 bridgehead atoms. The van der Waals surface area contributed by atoms with E-state index < -0.39 is 0 Å². The molecule has 0 aliphatic heterocycles. The van der Waals surface area contributed by atoms with Crippen LogP contribution in [-0.4, -0.2) is 19.1 Å². The summed E-state index contributed by atoms with van der Waals surface area (Å²) >= 11 is 0. The molecule has 1 aromatic heterocycles. The number of ether oxygens (including phenoxy) is 1. The van der Waals surface area contributed by atoms with Crippen LogP contribution >= 0.6 is 0 Å². The summed E-state index contributed by atoms with van der Waals surface area (Å²) in [5.74, 6) is 1.34. The van der Waals surface area contributed by atoms with Crippen molar-refractivity contribution in [2.45, 2.75) is 6.92 Å². The largest absolute Gasteiger partial charge is 0.496 e. The Bertz CT molecular complexity index is 644. The minimum absolute atomic E-state index is 0.526. The summed E-state index contributed by atoms with van der Waals surface area (Å²) in [7, 11) is 3.39. The van der Waals surface area contributed by atoms with Gasteiger partial charge in [0.1, 0.15) is 17.6 Å². The first kappa shape index (κ1) is 12.9. The molecule has 0 fully saturated rings. The Morgan fingerprint density at radius 1 is 1.26 bits per heavy atom. The summed E-state index contributed by atoms with van der Waals surface area (Å²) in [6, 6.07) is 11.6. The summed E-state index contributed by atoms with van der Waals surface area (Å²) in [4.78, 5) is 4.47. The molecule has 4 heteroatoms. The van der Waals surface area contributed by atoms with Gasteiger partial charge < -0.3 is 10.1 Å². The summed E-state index contributed by atoms with van der Waals surface area (Å²) in [5, 5.41) is 11.9. The van der Waals surface area contributed by atoms with E-state index in [9.17, 15) is 0 Å². The fourth-order valence-electron chi connectivity index (χ4n) is 1.91. The van der Waals surface area contributed by atoms with Crippen LogP contribution in [0.15, 0.2) is 30.3 Å². The van der Waals surface area contributed by atoms with Crippen molar-refractivity contribution in [2.24, 2.45) is 0 Å². The van der Waals surface area contributed by atoms with Gasteiger partial charge in [0.05, 0.1) is 18.4 Å². The van der Waals surface area contributed by atoms with Gasteiger partial charge >= 0.3 is 0 Å². The minimum Gasteiger partial charge on any atom is -0.496 e. The molecule has 0 aliphatic carbocycles. The van der Waals surface area contributed by atoms with Crippen LogP contribution in [0.1, 0.15) is 11.1 Å². The average molecular weight is 253 g/mol. The Morgan fingerprint density at radius 2 is 2.05 bits per heavy atom. The standard InChI is InChI=1S/C15H15N3O/c1-10-4-7-14(19-3)12(8-10)13-6-5-11(9-16)15(17-2)18-13/h4-8H,1-3H3,(H,17,18). The van der Waals surface area contributed by atoms with Gasteiger partial charge in [0.25, 0.3) is 0 Å². The Hall–Kier alpha value is -2.54. The molecule has 1 heterocycles. The molecule has 4 nitrogen and oxygen atoms in total. The van der Waals surface area contributed by atoms with Crippen LogP contribution in [0.25, 0.3) is 11.3 Å². The summed E-state index contributed by atoms with van der Waals surface area (Å²) in [5.41, 5.74) is 3.36. The van der Waals surface area contributed by atoms with Gasteiger partial charge in [-0.15, -0.1) is 0 Å². The second-order valence-electron chi connectivity index (χ2n) is 4.16. The molecule has 0 atom stereocenters. The van der Waals surface area contributed by atoms with Crippen LogP contribution in [-0.2, 0) is 0 Å². The molecule has 0 aliphatic rings. The number of nitriles is 1. The van der Waals surface area contributed by atoms with Crippen molar-refractivity contribution in [3.05, 3.63) is 41.5 Å². The highest BCUT2D eigenvalue weighted by Crippen LogP contribution is 2.30. The third kappa shape index (κ3) is 2.50. The van der Waals surface area contributed by atoms with E-state index in [-0.39, 0.29) is 0 Å². The highest BCUT2D eigenvalue weighted by Gasteiger charge is 2.10. The summed E-state index contributed by atoms with van der Waals surface area (Å²) < 4.78 is 5.36. The average Bonchev–Trinajstić information content (AvgIpc) is 2.46. The van der Waals surface area contributed by atoms with E-state index in [1.807, 2.05) is 31.2 Å². The zero-order chi connectivity index (χ0) is 13.8. The number of hydrogen-bond acceptors (Lipinski definition) is 4. The number of aromatic nitrogens is 1. The van der Waals surface area contributed by atoms with E-state index in [2.05, 4.69) is 16.4 Å². The number of nitrogens with zero attached hydrogens (tertiary/aromatic N) is 2. The molecule has 2 aromatic rings. The number of methoxy groups -OCH3 is 1. The molecule has 0 saturated carbocycles. The van der Waals surface area contributed by atoms with E-state index in [4.69, 9.17) is 10.00 Å². The van der Waals surface area contributed by atoms with E-state index in [0.717, 1.165) is 22.6 Å². The van der Waals surface area contributed by atoms with Gasteiger partial charge in [0, 0.05) is 12.6 Å². The van der Waals surface area contributed by atoms with Crippen molar-refractivity contribution in [3.63, 3.8) is 0 Å². The Balaban J connectivity index is 2.59. The Labute approximate surface area is 112 Å². The summed E-state index contributed by atoms with van der Waals surface area (Å²) in [6.07, 6.45) is 0. The predicted octanol–water partition coefficient (Wildman–Crippen LogP) is 2.98. The zero-order valence-electron chi connectivity index (χ0n) is 11.2. The first-order valence-electron chi connectivity index (χ1n) is 5.93. The lowest BCUT2D eigenvalue weighted by Crippen LogP contribution is -1.98. The van der Waals surface area contributed by atoms with E-state index in [1.54, 1.807) is 20.2 Å². The first-order chi connectivity index (χ1) is 9.19.